The van der Waals surface area contributed by atoms with Crippen LogP contribution in [-0.2, 0) is 0 Å². The normalized spacial score (nSPS) is 12.8. The van der Waals surface area contributed by atoms with Crippen molar-refractivity contribution in [3.63, 3.8) is 0 Å². The zero-order chi connectivity index (χ0) is 14.1. The molecule has 1 nitrogen and oxygen atoms in total. The van der Waals surface area contributed by atoms with Crippen LogP contribution in [0.2, 0.25) is 13.1 Å². The van der Waals surface area contributed by atoms with Gasteiger partial charge in [-0.05, 0) is 57.9 Å². The molecule has 18 heavy (non-hydrogen) atoms. The third-order valence-electron chi connectivity index (χ3n) is 3.23. The van der Waals surface area contributed by atoms with E-state index in [0.717, 1.165) is 0 Å². The maximum atomic E-state index is 14.2. The van der Waals surface area contributed by atoms with E-state index in [9.17, 15) is 4.11 Å². The Bertz CT molecular complexity index is 232. The van der Waals surface area contributed by atoms with Gasteiger partial charge >= 0.3 is 8.57 Å². The molecule has 0 amide bonds. The molecule has 0 aromatic heterocycles. The van der Waals surface area contributed by atoms with Gasteiger partial charge in [0.15, 0.2) is 0 Å². The highest BCUT2D eigenvalue weighted by Crippen LogP contribution is 2.53. The molecule has 0 radical (unpaired) electrons. The molecule has 0 aromatic carbocycles. The molecule has 0 fully saturated rings. The Morgan fingerprint density at radius 1 is 0.833 bits per heavy atom. The van der Waals surface area contributed by atoms with Gasteiger partial charge in [-0.1, -0.05) is 40.0 Å². The molecule has 0 unspecified atom stereocenters. The first kappa shape index (κ1) is 18.4. The molecule has 0 bridgehead atoms. The van der Waals surface area contributed by atoms with E-state index in [2.05, 4.69) is 20.8 Å². The lowest BCUT2D eigenvalue weighted by molar-refractivity contribution is 0.795. The highest BCUT2D eigenvalue weighted by atomic mass is 31.2. The van der Waals surface area contributed by atoms with Crippen molar-refractivity contribution in [2.45, 2.75) is 72.4 Å². The van der Waals surface area contributed by atoms with Gasteiger partial charge in [-0.15, -0.1) is 0 Å². The first-order valence-corrected chi connectivity index (χ1v) is 12.8. The zero-order valence-electron chi connectivity index (χ0n) is 13.1. The van der Waals surface area contributed by atoms with Crippen molar-refractivity contribution in [1.82, 2.24) is 0 Å². The molecule has 0 aliphatic heterocycles. The van der Waals surface area contributed by atoms with Crippen molar-refractivity contribution in [1.29, 1.82) is 0 Å². The second kappa shape index (κ2) is 9.31. The molecule has 0 spiro atoms. The second-order valence-electron chi connectivity index (χ2n) is 5.84. The van der Waals surface area contributed by atoms with Crippen molar-refractivity contribution in [2.75, 3.05) is 18.5 Å². The minimum atomic E-state index is -2.77. The van der Waals surface area contributed by atoms with Crippen LogP contribution in [-0.4, -0.2) is 27.1 Å². The first-order chi connectivity index (χ1) is 8.39. The summed E-state index contributed by atoms with van der Waals surface area (Å²) in [6.07, 6.45) is 10.9. The summed E-state index contributed by atoms with van der Waals surface area (Å²) in [5.41, 5.74) is 0. The minimum Gasteiger partial charge on any atom is -0.305 e. The van der Waals surface area contributed by atoms with Crippen molar-refractivity contribution in [3.05, 3.63) is 0 Å². The molecule has 0 saturated heterocycles. The summed E-state index contributed by atoms with van der Waals surface area (Å²) >= 11 is 0. The van der Waals surface area contributed by atoms with E-state index in [0.29, 0.717) is 0 Å². The predicted molar refractivity (Wildman–Crippen MR) is 87.3 cm³/mol. The van der Waals surface area contributed by atoms with Gasteiger partial charge in [-0.2, -0.15) is 0 Å². The lowest BCUT2D eigenvalue weighted by Crippen LogP contribution is -2.17. The quantitative estimate of drug-likeness (QED) is 0.256. The van der Waals surface area contributed by atoms with Gasteiger partial charge in [0.1, 0.15) is 0 Å². The van der Waals surface area contributed by atoms with Gasteiger partial charge in [-0.3, -0.25) is 4.11 Å². The summed E-state index contributed by atoms with van der Waals surface area (Å²) in [7, 11) is -4.12. The molecule has 0 aromatic rings. The number of hydrogen-bond donors (Lipinski definition) is 0. The SMILES string of the molecule is CCCCP(CCCC)(CCCC)=N[Si](C)(C)F. The van der Waals surface area contributed by atoms with Crippen molar-refractivity contribution in [3.8, 4) is 0 Å². The number of rotatable bonds is 10. The van der Waals surface area contributed by atoms with Crippen LogP contribution in [0.1, 0.15) is 59.3 Å². The van der Waals surface area contributed by atoms with E-state index in [1.165, 1.54) is 57.0 Å². The molecule has 0 aliphatic rings. The Morgan fingerprint density at radius 2 is 1.17 bits per heavy atom. The standard InChI is InChI=1S/C14H33FNPSi/c1-6-9-12-17(13-10-7-2,14-11-8-3)16-18(4,5)15/h6-14H2,1-5H3. The fourth-order valence-corrected chi connectivity index (χ4v) is 11.0. The first-order valence-electron chi connectivity index (χ1n) is 7.68. The van der Waals surface area contributed by atoms with Gasteiger partial charge < -0.3 is 4.41 Å². The van der Waals surface area contributed by atoms with Gasteiger partial charge in [0.25, 0.3) is 0 Å². The molecule has 0 aliphatic carbocycles. The molecule has 0 rings (SSSR count). The Labute approximate surface area is 115 Å². The van der Waals surface area contributed by atoms with Crippen LogP contribution in [0.4, 0.5) is 4.11 Å². The summed E-state index contributed by atoms with van der Waals surface area (Å²) in [5.74, 6) is 0. The third kappa shape index (κ3) is 8.47. The van der Waals surface area contributed by atoms with E-state index < -0.39 is 15.6 Å². The highest BCUT2D eigenvalue weighted by Gasteiger charge is 2.26. The third-order valence-corrected chi connectivity index (χ3v) is 10.3. The average Bonchev–Trinajstić information content (AvgIpc) is 2.29. The number of halogens is 1. The smallest absolute Gasteiger partial charge is 0.305 e. The molecule has 0 atom stereocenters. The van der Waals surface area contributed by atoms with Crippen LogP contribution < -0.4 is 0 Å². The number of unbranched alkanes of at least 4 members (excludes halogenated alkanes) is 3. The lowest BCUT2D eigenvalue weighted by atomic mass is 10.4. The van der Waals surface area contributed by atoms with Gasteiger partial charge in [0, 0.05) is 0 Å². The zero-order valence-corrected chi connectivity index (χ0v) is 15.0. The topological polar surface area (TPSA) is 12.4 Å². The van der Waals surface area contributed by atoms with E-state index in [1.807, 2.05) is 0 Å². The fraction of sp³-hybridized carbons (Fsp3) is 1.00. The van der Waals surface area contributed by atoms with Gasteiger partial charge in [0.2, 0.25) is 0 Å². The maximum absolute atomic E-state index is 14.2. The lowest BCUT2D eigenvalue weighted by Gasteiger charge is -2.27. The highest BCUT2D eigenvalue weighted by molar-refractivity contribution is 7.67. The maximum Gasteiger partial charge on any atom is 0.359 e. The fourth-order valence-electron chi connectivity index (χ4n) is 2.35. The van der Waals surface area contributed by atoms with Gasteiger partial charge in [0.05, 0.1) is 0 Å². The van der Waals surface area contributed by atoms with Crippen molar-refractivity contribution >= 4 is 15.6 Å². The number of hydrogen-bond acceptors (Lipinski definition) is 1. The van der Waals surface area contributed by atoms with E-state index in [-0.39, 0.29) is 0 Å². The number of nitrogens with zero attached hydrogens (tertiary/aromatic N) is 1. The van der Waals surface area contributed by atoms with Crippen LogP contribution in [0.5, 0.6) is 0 Å². The Balaban J connectivity index is 5.04. The van der Waals surface area contributed by atoms with Crippen LogP contribution in [0, 0.1) is 0 Å². The molecule has 4 heteroatoms. The minimum absolute atomic E-state index is 1.20. The van der Waals surface area contributed by atoms with Crippen LogP contribution in [0.25, 0.3) is 0 Å². The monoisotopic (exact) mass is 293 g/mol. The van der Waals surface area contributed by atoms with Crippen LogP contribution >= 0.6 is 7.05 Å². The van der Waals surface area contributed by atoms with E-state index in [4.69, 9.17) is 4.41 Å². The van der Waals surface area contributed by atoms with Gasteiger partial charge in [-0.25, -0.2) is 0 Å². The Kier molecular flexibility index (Phi) is 9.50. The molecule has 0 N–H and O–H groups in total. The van der Waals surface area contributed by atoms with Crippen LogP contribution in [0.3, 0.4) is 0 Å². The van der Waals surface area contributed by atoms with Crippen molar-refractivity contribution in [2.24, 2.45) is 4.41 Å². The summed E-state index contributed by atoms with van der Waals surface area (Å²) in [6, 6.07) is 0. The van der Waals surface area contributed by atoms with E-state index in [1.54, 1.807) is 13.1 Å². The largest absolute Gasteiger partial charge is 0.359 e. The summed E-state index contributed by atoms with van der Waals surface area (Å²) < 4.78 is 19.0. The summed E-state index contributed by atoms with van der Waals surface area (Å²) in [6.45, 7) is 10.2. The predicted octanol–water partition coefficient (Wildman–Crippen LogP) is 6.26. The average molecular weight is 293 g/mol. The Morgan fingerprint density at radius 3 is 1.39 bits per heavy atom. The molecule has 110 valence electrons. The summed E-state index contributed by atoms with van der Waals surface area (Å²) in [4.78, 5) is 0. The van der Waals surface area contributed by atoms with Crippen molar-refractivity contribution < 1.29 is 4.11 Å². The molecule has 0 heterocycles. The summed E-state index contributed by atoms with van der Waals surface area (Å²) in [5, 5.41) is 0. The molecular formula is C14H33FNPSi. The molecular weight excluding hydrogens is 260 g/mol. The van der Waals surface area contributed by atoms with Crippen LogP contribution in [0.15, 0.2) is 4.41 Å². The Hall–Kier alpha value is 0.377. The second-order valence-corrected chi connectivity index (χ2v) is 13.0. The molecule has 0 saturated carbocycles. The van der Waals surface area contributed by atoms with E-state index >= 15 is 0 Å².